The maximum atomic E-state index is 12.0. The summed E-state index contributed by atoms with van der Waals surface area (Å²) in [6.07, 6.45) is 71.3. The van der Waals surface area contributed by atoms with Crippen LogP contribution in [-0.4, -0.2) is 78.6 Å². The lowest BCUT2D eigenvalue weighted by Crippen LogP contribution is -2.24. The van der Waals surface area contributed by atoms with E-state index in [2.05, 4.69) is 130 Å². The van der Waals surface area contributed by atoms with Crippen molar-refractivity contribution in [1.29, 1.82) is 0 Å². The van der Waals surface area contributed by atoms with Gasteiger partial charge < -0.3 is 29.3 Å². The highest BCUT2D eigenvalue weighted by Gasteiger charge is 2.29. The molecule has 10 nitrogen and oxygen atoms in total. The third-order valence-corrected chi connectivity index (χ3v) is 11.6. The van der Waals surface area contributed by atoms with Gasteiger partial charge in [-0.2, -0.15) is 0 Å². The topological polar surface area (TPSA) is 140 Å². The van der Waals surface area contributed by atoms with Gasteiger partial charge in [-0.15, -0.1) is 0 Å². The zero-order valence-electron chi connectivity index (χ0n) is 47.5. The number of carboxylic acids is 2. The van der Waals surface area contributed by atoms with Crippen LogP contribution in [0.2, 0.25) is 0 Å². The minimum absolute atomic E-state index is 0.186. The fourth-order valence-electron chi connectivity index (χ4n) is 7.34. The van der Waals surface area contributed by atoms with Crippen LogP contribution in [0, 0.1) is 0 Å². The van der Waals surface area contributed by atoms with Crippen molar-refractivity contribution < 1.29 is 43.6 Å². The van der Waals surface area contributed by atoms with Crippen LogP contribution in [-0.2, 0) is 33.4 Å². The molecule has 74 heavy (non-hydrogen) atoms. The van der Waals surface area contributed by atoms with Crippen molar-refractivity contribution in [1.82, 2.24) is 4.90 Å². The molecular formula is C64H107NO9. The van der Waals surface area contributed by atoms with Crippen molar-refractivity contribution in [3.63, 3.8) is 0 Å². The highest BCUT2D eigenvalue weighted by Crippen LogP contribution is 2.22. The van der Waals surface area contributed by atoms with Crippen molar-refractivity contribution in [3.05, 3.63) is 109 Å². The summed E-state index contributed by atoms with van der Waals surface area (Å²) in [6, 6.07) is 0. The highest BCUT2D eigenvalue weighted by atomic mass is 16.7. The number of rotatable bonds is 45. The minimum Gasteiger partial charge on any atom is -0.481 e. The fourth-order valence-corrected chi connectivity index (χ4v) is 7.34. The molecule has 422 valence electrons. The van der Waals surface area contributed by atoms with E-state index in [1.165, 1.54) is 38.5 Å². The van der Waals surface area contributed by atoms with Crippen molar-refractivity contribution in [2.45, 2.75) is 245 Å². The Bertz CT molecular complexity index is 1520. The second kappa shape index (κ2) is 59.3. The normalized spacial score (nSPS) is 15.1. The molecule has 0 aliphatic carbocycles. The number of hydrogen-bond acceptors (Lipinski definition) is 8. The third kappa shape index (κ3) is 61.8. The number of esters is 2. The van der Waals surface area contributed by atoms with E-state index in [-0.39, 0.29) is 24.6 Å². The molecule has 1 rings (SSSR count). The van der Waals surface area contributed by atoms with E-state index in [0.717, 1.165) is 141 Å². The van der Waals surface area contributed by atoms with Gasteiger partial charge in [0, 0.05) is 32.2 Å². The predicted octanol–water partition coefficient (Wildman–Crippen LogP) is 17.4. The molecule has 0 bridgehead atoms. The van der Waals surface area contributed by atoms with Crippen LogP contribution in [0.3, 0.4) is 0 Å². The molecule has 0 aromatic carbocycles. The molecule has 10 heteroatoms. The first kappa shape index (κ1) is 71.5. The Labute approximate surface area is 452 Å². The van der Waals surface area contributed by atoms with E-state index >= 15 is 0 Å². The number of unbranched alkanes of at least 4 members (excludes halogenated alkanes) is 15. The summed E-state index contributed by atoms with van der Waals surface area (Å²) >= 11 is 0. The van der Waals surface area contributed by atoms with Gasteiger partial charge in [0.2, 0.25) is 6.29 Å². The predicted molar refractivity (Wildman–Crippen MR) is 311 cm³/mol. The van der Waals surface area contributed by atoms with Crippen LogP contribution in [0.4, 0.5) is 0 Å². The highest BCUT2D eigenvalue weighted by molar-refractivity contribution is 5.70. The largest absolute Gasteiger partial charge is 0.481 e. The zero-order chi connectivity index (χ0) is 54.6. The second-order valence-electron chi connectivity index (χ2n) is 19.1. The molecule has 0 aromatic heterocycles. The first-order valence-corrected chi connectivity index (χ1v) is 29.0. The molecule has 0 saturated carbocycles. The molecule has 1 heterocycles. The molecule has 1 saturated heterocycles. The van der Waals surface area contributed by atoms with Gasteiger partial charge in [-0.1, -0.05) is 188 Å². The van der Waals surface area contributed by atoms with Crippen LogP contribution in [0.25, 0.3) is 0 Å². The lowest BCUT2D eigenvalue weighted by Gasteiger charge is -2.15. The maximum Gasteiger partial charge on any atom is 0.308 e. The van der Waals surface area contributed by atoms with Gasteiger partial charge >= 0.3 is 23.9 Å². The van der Waals surface area contributed by atoms with Crippen LogP contribution in [0.5, 0.6) is 0 Å². The molecule has 1 aliphatic rings. The summed E-state index contributed by atoms with van der Waals surface area (Å²) in [5, 5.41) is 17.0. The fraction of sp³-hybridized carbons (Fsp3) is 0.656. The van der Waals surface area contributed by atoms with Gasteiger partial charge in [-0.05, 0) is 136 Å². The average molecular weight is 1030 g/mol. The van der Waals surface area contributed by atoms with Gasteiger partial charge in [0.25, 0.3) is 0 Å². The van der Waals surface area contributed by atoms with Crippen LogP contribution < -0.4 is 0 Å². The van der Waals surface area contributed by atoms with Crippen molar-refractivity contribution in [3.8, 4) is 0 Å². The number of carbonyl (C=O) groups excluding carboxylic acids is 2. The summed E-state index contributed by atoms with van der Waals surface area (Å²) in [5.74, 6) is -1.77. The minimum atomic E-state index is -0.675. The molecule has 1 aliphatic heterocycles. The Morgan fingerprint density at radius 3 is 1.14 bits per heavy atom. The molecule has 0 amide bonds. The molecular weight excluding hydrogens is 927 g/mol. The standard InChI is InChI=1S/C28H47NO5.2C18H30O2/c1-4-5-6-7-8-9-10-11-12-13-14-15-16-17-18-19-27(31)34-28-21-20-25(33-28)24-32-26(30)22-23-29(2)3;2*1-2-3-4-5-6-7-8-9-10-11-12-13-14-15-16-17-18(19)20/h5-6,8-9,11-12,25,28H,4,7,10,13-24H2,1-3H3;2*3-4,6-7,9-10H,2,5,8,11-17H2,1H3,(H,19,20)/b6-5-,9-8-,12-11-;2*4-3-,7-6-,10-9-/t25-,28-;;/m0../s1. The van der Waals surface area contributed by atoms with E-state index in [0.29, 0.717) is 38.6 Å². The molecule has 2 N–H and O–H groups in total. The van der Waals surface area contributed by atoms with Gasteiger partial charge in [-0.25, -0.2) is 0 Å². The van der Waals surface area contributed by atoms with E-state index in [1.54, 1.807) is 0 Å². The molecule has 1 fully saturated rings. The Kier molecular flexibility index (Phi) is 57.4. The lowest BCUT2D eigenvalue weighted by molar-refractivity contribution is -0.180. The van der Waals surface area contributed by atoms with E-state index < -0.39 is 18.2 Å². The molecule has 0 radical (unpaired) electrons. The number of ether oxygens (including phenoxy) is 3. The summed E-state index contributed by atoms with van der Waals surface area (Å²) in [6.45, 7) is 7.33. The van der Waals surface area contributed by atoms with E-state index in [9.17, 15) is 19.2 Å². The third-order valence-electron chi connectivity index (χ3n) is 11.6. The summed E-state index contributed by atoms with van der Waals surface area (Å²) < 4.78 is 16.4. The monoisotopic (exact) mass is 1030 g/mol. The number of carboxylic acid groups (broad SMARTS) is 2. The van der Waals surface area contributed by atoms with Gasteiger partial charge in [0.15, 0.2) is 0 Å². The SMILES string of the molecule is CC/C=C\C/C=C\C/C=C\CCCCCCCC(=O)O.CC/C=C\C/C=C\C/C=C\CCCCCCCC(=O)O.CC/C=C\C/C=C\C/C=C\CCCCCCCC(=O)O[C@H]1CC[C@@H](COC(=O)CCN(C)C)O1. The molecule has 0 aromatic rings. The van der Waals surface area contributed by atoms with Crippen molar-refractivity contribution in [2.75, 3.05) is 27.2 Å². The number of nitrogens with zero attached hydrogens (tertiary/aromatic N) is 1. The number of carbonyl (C=O) groups is 4. The van der Waals surface area contributed by atoms with Crippen LogP contribution >= 0.6 is 0 Å². The molecule has 0 unspecified atom stereocenters. The van der Waals surface area contributed by atoms with E-state index in [1.807, 2.05) is 19.0 Å². The first-order valence-electron chi connectivity index (χ1n) is 29.0. The summed E-state index contributed by atoms with van der Waals surface area (Å²) in [7, 11) is 3.83. The second-order valence-corrected chi connectivity index (χ2v) is 19.1. The number of allylic oxidation sites excluding steroid dienone is 18. The Morgan fingerprint density at radius 2 is 0.770 bits per heavy atom. The average Bonchev–Trinajstić information content (AvgIpc) is 3.83. The Morgan fingerprint density at radius 1 is 0.432 bits per heavy atom. The lowest BCUT2D eigenvalue weighted by atomic mass is 10.1. The van der Waals surface area contributed by atoms with Gasteiger partial charge in [0.05, 0.1) is 12.5 Å². The van der Waals surface area contributed by atoms with E-state index in [4.69, 9.17) is 24.4 Å². The Balaban J connectivity index is 0. The van der Waals surface area contributed by atoms with Gasteiger partial charge in [0.1, 0.15) is 6.61 Å². The van der Waals surface area contributed by atoms with Crippen molar-refractivity contribution >= 4 is 23.9 Å². The summed E-state index contributed by atoms with van der Waals surface area (Å²) in [5.41, 5.74) is 0. The molecule has 0 spiro atoms. The van der Waals surface area contributed by atoms with Crippen molar-refractivity contribution in [2.24, 2.45) is 0 Å². The maximum absolute atomic E-state index is 12.0. The number of hydrogen-bond donors (Lipinski definition) is 2. The number of aliphatic carboxylic acids is 2. The first-order chi connectivity index (χ1) is 36.0. The Hall–Kier alpha value is -4.54. The van der Waals surface area contributed by atoms with Gasteiger partial charge in [-0.3, -0.25) is 19.2 Å². The van der Waals surface area contributed by atoms with Crippen LogP contribution in [0.15, 0.2) is 109 Å². The quantitative estimate of drug-likeness (QED) is 0.0344. The molecule has 2 atom stereocenters. The van der Waals surface area contributed by atoms with Crippen LogP contribution in [0.1, 0.15) is 233 Å². The smallest absolute Gasteiger partial charge is 0.308 e. The summed E-state index contributed by atoms with van der Waals surface area (Å²) in [4.78, 5) is 46.3. The zero-order valence-corrected chi connectivity index (χ0v) is 47.5.